The summed E-state index contributed by atoms with van der Waals surface area (Å²) < 4.78 is 22.1. The standard InChI is InChI=1S/C41H81N2O6P/c1-3-5-7-9-11-13-15-17-18-19-20-21-22-23-25-27-29-31-33-35-41(45)43-39(38-49-50(46,47)48-37-36-42)40(44)34-32-30-28-26-24-16-14-12-10-8-6-4-2/h17-18,32,34,39-40,44H,3-16,19-31,33,35-38,42H2,1-2H3,(H,43,45)(H,46,47)/b18-17-,34-32+. The molecule has 3 atom stereocenters. The minimum atomic E-state index is -4.33. The van der Waals surface area contributed by atoms with Crippen molar-refractivity contribution in [1.82, 2.24) is 5.32 Å². The lowest BCUT2D eigenvalue weighted by Crippen LogP contribution is -2.45. The molecule has 0 aliphatic heterocycles. The summed E-state index contributed by atoms with van der Waals surface area (Å²) in [6.07, 6.45) is 42.2. The number of hydrogen-bond donors (Lipinski definition) is 4. The number of carbonyl (C=O) groups excluding carboxylic acids is 1. The van der Waals surface area contributed by atoms with E-state index in [0.29, 0.717) is 6.42 Å². The number of unbranched alkanes of at least 4 members (excludes halogenated alkanes) is 25. The van der Waals surface area contributed by atoms with Gasteiger partial charge in [0.05, 0.1) is 25.4 Å². The SMILES string of the molecule is CCCCCCCC/C=C\CCCCCCCCCCCC(=O)NC(COP(=O)(O)OCCN)C(O)/C=C/CCCCCCCCCCCC. The predicted octanol–water partition coefficient (Wildman–Crippen LogP) is 11.4. The summed E-state index contributed by atoms with van der Waals surface area (Å²) in [4.78, 5) is 22.6. The Bertz CT molecular complexity index is 840. The van der Waals surface area contributed by atoms with Crippen molar-refractivity contribution in [2.24, 2.45) is 5.73 Å². The minimum absolute atomic E-state index is 0.0790. The van der Waals surface area contributed by atoms with Gasteiger partial charge in [-0.1, -0.05) is 173 Å². The Morgan fingerprint density at radius 1 is 0.640 bits per heavy atom. The van der Waals surface area contributed by atoms with E-state index in [-0.39, 0.29) is 25.7 Å². The average molecular weight is 729 g/mol. The first-order valence-corrected chi connectivity index (χ1v) is 22.5. The Hall–Kier alpha value is -1.02. The van der Waals surface area contributed by atoms with Gasteiger partial charge >= 0.3 is 7.82 Å². The number of phosphoric acid groups is 1. The molecule has 0 aliphatic rings. The lowest BCUT2D eigenvalue weighted by molar-refractivity contribution is -0.123. The molecule has 0 bridgehead atoms. The smallest absolute Gasteiger partial charge is 0.387 e. The number of nitrogens with two attached hydrogens (primary N) is 1. The maximum Gasteiger partial charge on any atom is 0.472 e. The second-order valence-electron chi connectivity index (χ2n) is 14.2. The van der Waals surface area contributed by atoms with Crippen LogP contribution in [0.25, 0.3) is 0 Å². The Balaban J connectivity index is 4.18. The van der Waals surface area contributed by atoms with Crippen molar-refractivity contribution >= 4 is 13.7 Å². The van der Waals surface area contributed by atoms with E-state index >= 15 is 0 Å². The van der Waals surface area contributed by atoms with E-state index in [2.05, 4.69) is 31.3 Å². The molecule has 8 nitrogen and oxygen atoms in total. The molecule has 0 aromatic heterocycles. The van der Waals surface area contributed by atoms with Gasteiger partial charge in [0.1, 0.15) is 0 Å². The molecule has 0 rings (SSSR count). The molecule has 0 spiro atoms. The monoisotopic (exact) mass is 729 g/mol. The van der Waals surface area contributed by atoms with Gasteiger partial charge in [0.15, 0.2) is 0 Å². The largest absolute Gasteiger partial charge is 0.472 e. The van der Waals surface area contributed by atoms with Gasteiger partial charge in [0.25, 0.3) is 0 Å². The second kappa shape index (κ2) is 37.7. The van der Waals surface area contributed by atoms with E-state index in [1.807, 2.05) is 6.08 Å². The number of aliphatic hydroxyl groups is 1. The first-order chi connectivity index (χ1) is 24.4. The van der Waals surface area contributed by atoms with Crippen molar-refractivity contribution < 1.29 is 28.4 Å². The minimum Gasteiger partial charge on any atom is -0.387 e. The Morgan fingerprint density at radius 3 is 1.48 bits per heavy atom. The van der Waals surface area contributed by atoms with Crippen LogP contribution in [0, 0.1) is 0 Å². The van der Waals surface area contributed by atoms with Gasteiger partial charge in [0.2, 0.25) is 5.91 Å². The molecule has 0 aromatic carbocycles. The lowest BCUT2D eigenvalue weighted by Gasteiger charge is -2.23. The predicted molar refractivity (Wildman–Crippen MR) is 212 cm³/mol. The Kier molecular flexibility index (Phi) is 37.0. The Morgan fingerprint density at radius 2 is 1.04 bits per heavy atom. The van der Waals surface area contributed by atoms with Crippen LogP contribution in [0.15, 0.2) is 24.3 Å². The fraction of sp³-hybridized carbons (Fsp3) is 0.878. The van der Waals surface area contributed by atoms with E-state index in [1.54, 1.807) is 6.08 Å². The fourth-order valence-corrected chi connectivity index (χ4v) is 6.83. The van der Waals surface area contributed by atoms with Gasteiger partial charge in [-0.2, -0.15) is 0 Å². The van der Waals surface area contributed by atoms with E-state index in [9.17, 15) is 19.4 Å². The maximum absolute atomic E-state index is 12.7. The topological polar surface area (TPSA) is 131 Å². The zero-order valence-electron chi connectivity index (χ0n) is 32.6. The summed E-state index contributed by atoms with van der Waals surface area (Å²) >= 11 is 0. The summed E-state index contributed by atoms with van der Waals surface area (Å²) in [5.74, 6) is -0.197. The Labute approximate surface area is 308 Å². The van der Waals surface area contributed by atoms with Crippen LogP contribution < -0.4 is 11.1 Å². The van der Waals surface area contributed by atoms with E-state index < -0.39 is 20.0 Å². The summed E-state index contributed by atoms with van der Waals surface area (Å²) in [5.41, 5.74) is 5.36. The molecule has 0 radical (unpaired) electrons. The van der Waals surface area contributed by atoms with Crippen molar-refractivity contribution in [1.29, 1.82) is 0 Å². The summed E-state index contributed by atoms with van der Waals surface area (Å²) in [6, 6.07) is -0.857. The highest BCUT2D eigenvalue weighted by molar-refractivity contribution is 7.47. The third-order valence-electron chi connectivity index (χ3n) is 9.27. The number of carbonyl (C=O) groups is 1. The van der Waals surface area contributed by atoms with Crippen LogP contribution in [0.2, 0.25) is 0 Å². The molecule has 0 aromatic rings. The molecule has 9 heteroatoms. The zero-order chi connectivity index (χ0) is 36.8. The number of phosphoric ester groups is 1. The quantitative estimate of drug-likeness (QED) is 0.0281. The van der Waals surface area contributed by atoms with E-state index in [1.165, 1.54) is 141 Å². The lowest BCUT2D eigenvalue weighted by atomic mass is 10.0. The second-order valence-corrected chi connectivity index (χ2v) is 15.7. The van der Waals surface area contributed by atoms with Crippen molar-refractivity contribution in [3.8, 4) is 0 Å². The number of amides is 1. The van der Waals surface area contributed by atoms with Crippen LogP contribution in [0.1, 0.15) is 200 Å². The molecule has 1 amide bonds. The first kappa shape index (κ1) is 49.0. The number of hydrogen-bond acceptors (Lipinski definition) is 6. The van der Waals surface area contributed by atoms with Gasteiger partial charge in [-0.05, 0) is 44.9 Å². The molecule has 0 saturated heterocycles. The number of allylic oxidation sites excluding steroid dienone is 3. The van der Waals surface area contributed by atoms with Crippen molar-refractivity contribution in [2.75, 3.05) is 19.8 Å². The molecule has 3 unspecified atom stereocenters. The third kappa shape index (κ3) is 35.4. The van der Waals surface area contributed by atoms with Crippen molar-refractivity contribution in [3.05, 3.63) is 24.3 Å². The molecule has 296 valence electrons. The molecular weight excluding hydrogens is 647 g/mol. The average Bonchev–Trinajstić information content (AvgIpc) is 3.10. The van der Waals surface area contributed by atoms with Crippen LogP contribution in [-0.4, -0.2) is 47.8 Å². The van der Waals surface area contributed by atoms with Gasteiger partial charge in [0, 0.05) is 13.0 Å². The van der Waals surface area contributed by atoms with Crippen molar-refractivity contribution in [2.45, 2.75) is 212 Å². The van der Waals surface area contributed by atoms with E-state index in [4.69, 9.17) is 14.8 Å². The third-order valence-corrected chi connectivity index (χ3v) is 10.3. The van der Waals surface area contributed by atoms with Crippen molar-refractivity contribution in [3.63, 3.8) is 0 Å². The number of nitrogens with one attached hydrogen (secondary N) is 1. The van der Waals surface area contributed by atoms with E-state index in [0.717, 1.165) is 38.5 Å². The van der Waals surface area contributed by atoms with Crippen LogP contribution >= 0.6 is 7.82 Å². The fourth-order valence-electron chi connectivity index (χ4n) is 6.07. The van der Waals surface area contributed by atoms with Crippen LogP contribution in [0.5, 0.6) is 0 Å². The van der Waals surface area contributed by atoms with Gasteiger partial charge in [-0.3, -0.25) is 13.8 Å². The molecular formula is C41H81N2O6P. The highest BCUT2D eigenvalue weighted by Gasteiger charge is 2.26. The molecule has 0 heterocycles. The number of aliphatic hydroxyl groups excluding tert-OH is 1. The van der Waals surface area contributed by atoms with Gasteiger partial charge in [-0.25, -0.2) is 4.57 Å². The molecule has 5 N–H and O–H groups in total. The molecule has 0 fully saturated rings. The summed E-state index contributed by atoms with van der Waals surface area (Å²) in [5, 5.41) is 13.6. The molecule has 0 aliphatic carbocycles. The van der Waals surface area contributed by atoms with Gasteiger partial charge in [-0.15, -0.1) is 0 Å². The first-order valence-electron chi connectivity index (χ1n) is 21.0. The summed E-state index contributed by atoms with van der Waals surface area (Å²) in [6.45, 7) is 4.12. The maximum atomic E-state index is 12.7. The van der Waals surface area contributed by atoms with Crippen LogP contribution in [-0.2, 0) is 18.4 Å². The van der Waals surface area contributed by atoms with Gasteiger partial charge < -0.3 is 21.1 Å². The number of rotatable bonds is 39. The highest BCUT2D eigenvalue weighted by atomic mass is 31.2. The zero-order valence-corrected chi connectivity index (χ0v) is 33.5. The normalized spacial score (nSPS) is 14.4. The van der Waals surface area contributed by atoms with Crippen LogP contribution in [0.3, 0.4) is 0 Å². The molecule has 50 heavy (non-hydrogen) atoms. The summed E-state index contributed by atoms with van der Waals surface area (Å²) in [7, 11) is -4.33. The van der Waals surface area contributed by atoms with Crippen LogP contribution in [0.4, 0.5) is 0 Å². The highest BCUT2D eigenvalue weighted by Crippen LogP contribution is 2.43. The molecule has 0 saturated carbocycles.